The van der Waals surface area contributed by atoms with Gasteiger partial charge in [-0.25, -0.2) is 0 Å². The summed E-state index contributed by atoms with van der Waals surface area (Å²) in [4.78, 5) is 2.37. The number of hydrogen-bond donors (Lipinski definition) is 1. The highest BCUT2D eigenvalue weighted by Gasteiger charge is 2.20. The molecular weight excluding hydrogens is 240 g/mol. The second kappa shape index (κ2) is 5.33. The zero-order valence-corrected chi connectivity index (χ0v) is 11.3. The standard InChI is InChI=1S/C15H20N2O2/c1-11-9-17(6-7-18-11)10-15-13(8-16)12-4-2-3-5-14(12)19-15/h2-5,11H,6-10,16H2,1H3. The van der Waals surface area contributed by atoms with Gasteiger partial charge in [-0.15, -0.1) is 0 Å². The topological polar surface area (TPSA) is 51.6 Å². The predicted octanol–water partition coefficient (Wildman–Crippen LogP) is 2.11. The molecule has 4 heteroatoms. The third-order valence-electron chi connectivity index (χ3n) is 3.68. The molecule has 1 unspecified atom stereocenters. The zero-order valence-electron chi connectivity index (χ0n) is 11.3. The van der Waals surface area contributed by atoms with Crippen LogP contribution in [-0.4, -0.2) is 30.7 Å². The van der Waals surface area contributed by atoms with E-state index >= 15 is 0 Å². The van der Waals surface area contributed by atoms with Crippen molar-refractivity contribution in [3.05, 3.63) is 35.6 Å². The molecular formula is C15H20N2O2. The Morgan fingerprint density at radius 2 is 2.21 bits per heavy atom. The van der Waals surface area contributed by atoms with E-state index in [4.69, 9.17) is 14.9 Å². The number of ether oxygens (including phenoxy) is 1. The van der Waals surface area contributed by atoms with Crippen molar-refractivity contribution in [1.29, 1.82) is 0 Å². The molecule has 1 aliphatic heterocycles. The fourth-order valence-electron chi connectivity index (χ4n) is 2.74. The monoisotopic (exact) mass is 260 g/mol. The van der Waals surface area contributed by atoms with Crippen LogP contribution in [0, 0.1) is 0 Å². The van der Waals surface area contributed by atoms with E-state index < -0.39 is 0 Å². The van der Waals surface area contributed by atoms with E-state index in [1.807, 2.05) is 18.2 Å². The summed E-state index contributed by atoms with van der Waals surface area (Å²) in [7, 11) is 0. The van der Waals surface area contributed by atoms with Gasteiger partial charge in [0.05, 0.1) is 19.3 Å². The molecule has 19 heavy (non-hydrogen) atoms. The molecule has 102 valence electrons. The van der Waals surface area contributed by atoms with E-state index in [9.17, 15) is 0 Å². The van der Waals surface area contributed by atoms with Gasteiger partial charge in [0, 0.05) is 30.6 Å². The van der Waals surface area contributed by atoms with Crippen LogP contribution < -0.4 is 5.73 Å². The summed E-state index contributed by atoms with van der Waals surface area (Å²) in [6.45, 7) is 6.13. The lowest BCUT2D eigenvalue weighted by Crippen LogP contribution is -2.40. The Morgan fingerprint density at radius 3 is 3.00 bits per heavy atom. The summed E-state index contributed by atoms with van der Waals surface area (Å²) < 4.78 is 11.5. The number of rotatable bonds is 3. The third kappa shape index (κ3) is 2.52. The number of nitrogens with zero attached hydrogens (tertiary/aromatic N) is 1. The second-order valence-corrected chi connectivity index (χ2v) is 5.12. The largest absolute Gasteiger partial charge is 0.459 e. The lowest BCUT2D eigenvalue weighted by Gasteiger charge is -2.30. The van der Waals surface area contributed by atoms with E-state index in [1.54, 1.807) is 0 Å². The first-order valence-corrected chi connectivity index (χ1v) is 6.81. The van der Waals surface area contributed by atoms with Gasteiger partial charge in [0.1, 0.15) is 11.3 Å². The number of benzene rings is 1. The van der Waals surface area contributed by atoms with Gasteiger partial charge in [0.25, 0.3) is 0 Å². The Morgan fingerprint density at radius 1 is 1.37 bits per heavy atom. The molecule has 0 radical (unpaired) electrons. The smallest absolute Gasteiger partial charge is 0.134 e. The molecule has 0 amide bonds. The van der Waals surface area contributed by atoms with Crippen LogP contribution in [0.2, 0.25) is 0 Å². The molecule has 1 fully saturated rings. The van der Waals surface area contributed by atoms with Crippen molar-refractivity contribution in [2.45, 2.75) is 26.1 Å². The van der Waals surface area contributed by atoms with Crippen molar-refractivity contribution >= 4 is 11.0 Å². The predicted molar refractivity (Wildman–Crippen MR) is 74.8 cm³/mol. The first-order valence-electron chi connectivity index (χ1n) is 6.81. The summed E-state index contributed by atoms with van der Waals surface area (Å²) in [5.74, 6) is 0.998. The molecule has 0 spiro atoms. The highest BCUT2D eigenvalue weighted by atomic mass is 16.5. The molecule has 0 saturated carbocycles. The van der Waals surface area contributed by atoms with Crippen molar-refractivity contribution in [3.63, 3.8) is 0 Å². The van der Waals surface area contributed by atoms with Gasteiger partial charge >= 0.3 is 0 Å². The lowest BCUT2D eigenvalue weighted by molar-refractivity contribution is -0.0230. The normalized spacial score (nSPS) is 21.1. The van der Waals surface area contributed by atoms with Crippen LogP contribution in [0.3, 0.4) is 0 Å². The van der Waals surface area contributed by atoms with E-state index in [0.717, 1.165) is 48.5 Å². The Labute approximate surface area is 113 Å². The van der Waals surface area contributed by atoms with Gasteiger partial charge in [0.15, 0.2) is 0 Å². The van der Waals surface area contributed by atoms with Crippen LogP contribution in [0.5, 0.6) is 0 Å². The molecule has 2 N–H and O–H groups in total. The quantitative estimate of drug-likeness (QED) is 0.918. The molecule has 0 bridgehead atoms. The van der Waals surface area contributed by atoms with Crippen LogP contribution in [0.1, 0.15) is 18.2 Å². The third-order valence-corrected chi connectivity index (χ3v) is 3.68. The van der Waals surface area contributed by atoms with E-state index in [1.165, 1.54) is 0 Å². The van der Waals surface area contributed by atoms with Gasteiger partial charge in [-0.1, -0.05) is 18.2 Å². The number of nitrogens with two attached hydrogens (primary N) is 1. The van der Waals surface area contributed by atoms with Crippen molar-refractivity contribution in [3.8, 4) is 0 Å². The molecule has 1 aromatic heterocycles. The van der Waals surface area contributed by atoms with Gasteiger partial charge in [-0.2, -0.15) is 0 Å². The molecule has 3 rings (SSSR count). The van der Waals surface area contributed by atoms with Crippen LogP contribution in [0.25, 0.3) is 11.0 Å². The van der Waals surface area contributed by atoms with E-state index in [-0.39, 0.29) is 0 Å². The molecule has 2 aromatic rings. The van der Waals surface area contributed by atoms with Crippen LogP contribution in [0.4, 0.5) is 0 Å². The van der Waals surface area contributed by atoms with Gasteiger partial charge < -0.3 is 14.9 Å². The maximum atomic E-state index is 5.97. The Kier molecular flexibility index (Phi) is 3.55. The summed E-state index contributed by atoms with van der Waals surface area (Å²) in [5, 5.41) is 1.14. The average molecular weight is 260 g/mol. The van der Waals surface area contributed by atoms with Gasteiger partial charge in [-0.3, -0.25) is 4.90 Å². The average Bonchev–Trinajstić information content (AvgIpc) is 2.75. The summed E-state index contributed by atoms with van der Waals surface area (Å²) in [6.07, 6.45) is 0.291. The molecule has 4 nitrogen and oxygen atoms in total. The first-order chi connectivity index (χ1) is 9.28. The highest BCUT2D eigenvalue weighted by Crippen LogP contribution is 2.26. The van der Waals surface area contributed by atoms with Crippen molar-refractivity contribution in [1.82, 2.24) is 4.90 Å². The first kappa shape index (κ1) is 12.7. The summed E-state index contributed by atoms with van der Waals surface area (Å²) in [5.41, 5.74) is 7.95. The van der Waals surface area contributed by atoms with Crippen molar-refractivity contribution in [2.24, 2.45) is 5.73 Å². The summed E-state index contributed by atoms with van der Waals surface area (Å²) >= 11 is 0. The Balaban J connectivity index is 1.87. The number of furan rings is 1. The number of hydrogen-bond acceptors (Lipinski definition) is 4. The van der Waals surface area contributed by atoms with Crippen molar-refractivity contribution < 1.29 is 9.15 Å². The molecule has 1 aliphatic rings. The molecule has 1 saturated heterocycles. The van der Waals surface area contributed by atoms with Crippen LogP contribution in [-0.2, 0) is 17.8 Å². The molecule has 0 aliphatic carbocycles. The lowest BCUT2D eigenvalue weighted by atomic mass is 10.1. The van der Waals surface area contributed by atoms with E-state index in [0.29, 0.717) is 12.6 Å². The maximum absolute atomic E-state index is 5.97. The molecule has 1 atom stereocenters. The second-order valence-electron chi connectivity index (χ2n) is 5.12. The summed E-state index contributed by atoms with van der Waals surface area (Å²) in [6, 6.07) is 8.09. The fraction of sp³-hybridized carbons (Fsp3) is 0.467. The zero-order chi connectivity index (χ0) is 13.2. The number of fused-ring (bicyclic) bond motifs is 1. The molecule has 2 heterocycles. The Bertz CT molecular complexity index is 564. The fourth-order valence-corrected chi connectivity index (χ4v) is 2.74. The maximum Gasteiger partial charge on any atom is 0.134 e. The number of para-hydroxylation sites is 1. The highest BCUT2D eigenvalue weighted by molar-refractivity contribution is 5.82. The molecule has 1 aromatic carbocycles. The minimum absolute atomic E-state index is 0.291. The van der Waals surface area contributed by atoms with Crippen LogP contribution in [0.15, 0.2) is 28.7 Å². The minimum Gasteiger partial charge on any atom is -0.459 e. The van der Waals surface area contributed by atoms with Crippen LogP contribution >= 0.6 is 0 Å². The number of morpholine rings is 1. The van der Waals surface area contributed by atoms with Crippen molar-refractivity contribution in [2.75, 3.05) is 19.7 Å². The van der Waals surface area contributed by atoms with Gasteiger partial charge in [0.2, 0.25) is 0 Å². The SMILES string of the molecule is CC1CN(Cc2oc3ccccc3c2CN)CCO1. The van der Waals surface area contributed by atoms with E-state index in [2.05, 4.69) is 17.9 Å². The minimum atomic E-state index is 0.291. The van der Waals surface area contributed by atoms with Gasteiger partial charge in [-0.05, 0) is 13.0 Å². The Hall–Kier alpha value is -1.36.